The van der Waals surface area contributed by atoms with Gasteiger partial charge in [-0.15, -0.1) is 0 Å². The fraction of sp³-hybridized carbons (Fsp3) is 0.226. The maximum absolute atomic E-state index is 11.1. The van der Waals surface area contributed by atoms with Gasteiger partial charge in [-0.1, -0.05) is 60.7 Å². The number of amides is 1. The third-order valence-corrected chi connectivity index (χ3v) is 6.07. The molecule has 6 nitrogen and oxygen atoms in total. The van der Waals surface area contributed by atoms with Crippen LogP contribution in [-0.2, 0) is 24.6 Å². The number of nitrogens with one attached hydrogen (secondary N) is 2. The number of hydrogen-bond donors (Lipinski definition) is 2. The number of nitrogens with zero attached hydrogens (tertiary/aromatic N) is 1. The van der Waals surface area contributed by atoms with Crippen molar-refractivity contribution in [2.24, 2.45) is 0 Å². The Morgan fingerprint density at radius 3 is 2.51 bits per heavy atom. The quantitative estimate of drug-likeness (QED) is 0.256. The van der Waals surface area contributed by atoms with Gasteiger partial charge in [0.15, 0.2) is 0 Å². The number of carbonyl (C=O) groups excluding carboxylic acids is 1. The van der Waals surface area contributed by atoms with E-state index in [1.807, 2.05) is 36.4 Å². The van der Waals surface area contributed by atoms with Gasteiger partial charge in [0.1, 0.15) is 24.7 Å². The zero-order valence-corrected chi connectivity index (χ0v) is 21.4. The van der Waals surface area contributed by atoms with Crippen LogP contribution in [0.25, 0.3) is 11.1 Å². The fourth-order valence-electron chi connectivity index (χ4n) is 4.03. The Morgan fingerprint density at radius 1 is 0.865 bits per heavy atom. The molecular formula is C31H33N3O3. The maximum atomic E-state index is 11.1. The molecule has 0 radical (unpaired) electrons. The van der Waals surface area contributed by atoms with Crippen LogP contribution in [0.4, 0.5) is 0 Å². The lowest BCUT2D eigenvalue weighted by molar-refractivity contribution is -0.118. The zero-order chi connectivity index (χ0) is 25.9. The first-order chi connectivity index (χ1) is 18.1. The SMILES string of the molecule is CC(=O)NCCNCc1ccc(OCc2cccc(-c3ccccc3)c2C)cc1OCc1cccnc1. The summed E-state index contributed by atoms with van der Waals surface area (Å²) in [5.74, 6) is 1.46. The molecule has 0 unspecified atom stereocenters. The number of pyridine rings is 1. The summed E-state index contributed by atoms with van der Waals surface area (Å²) in [6.45, 7) is 6.38. The number of rotatable bonds is 12. The first kappa shape index (κ1) is 25.9. The number of ether oxygens (including phenoxy) is 2. The predicted octanol–water partition coefficient (Wildman–Crippen LogP) is 5.44. The van der Waals surface area contributed by atoms with Gasteiger partial charge < -0.3 is 20.1 Å². The highest BCUT2D eigenvalue weighted by Crippen LogP contribution is 2.29. The number of carbonyl (C=O) groups is 1. The van der Waals surface area contributed by atoms with E-state index >= 15 is 0 Å². The molecule has 4 aromatic rings. The van der Waals surface area contributed by atoms with Gasteiger partial charge in [-0.05, 0) is 41.3 Å². The van der Waals surface area contributed by atoms with Crippen molar-refractivity contribution in [2.75, 3.05) is 13.1 Å². The van der Waals surface area contributed by atoms with Crippen molar-refractivity contribution in [1.82, 2.24) is 15.6 Å². The summed E-state index contributed by atoms with van der Waals surface area (Å²) >= 11 is 0. The van der Waals surface area contributed by atoms with E-state index in [9.17, 15) is 4.79 Å². The van der Waals surface area contributed by atoms with E-state index in [0.29, 0.717) is 32.8 Å². The van der Waals surface area contributed by atoms with E-state index in [4.69, 9.17) is 9.47 Å². The molecule has 190 valence electrons. The lowest BCUT2D eigenvalue weighted by Crippen LogP contribution is -2.30. The molecule has 1 heterocycles. The molecule has 0 bridgehead atoms. The third-order valence-electron chi connectivity index (χ3n) is 6.07. The molecule has 0 saturated carbocycles. The van der Waals surface area contributed by atoms with Crippen molar-refractivity contribution in [3.05, 3.63) is 114 Å². The lowest BCUT2D eigenvalue weighted by atomic mass is 9.97. The molecule has 0 saturated heterocycles. The molecule has 3 aromatic carbocycles. The third kappa shape index (κ3) is 7.66. The molecule has 1 amide bonds. The van der Waals surface area contributed by atoms with E-state index in [2.05, 4.69) is 65.0 Å². The van der Waals surface area contributed by atoms with Crippen molar-refractivity contribution in [3.63, 3.8) is 0 Å². The lowest BCUT2D eigenvalue weighted by Gasteiger charge is -2.16. The summed E-state index contributed by atoms with van der Waals surface area (Å²) in [7, 11) is 0. The molecular weight excluding hydrogens is 462 g/mol. The van der Waals surface area contributed by atoms with E-state index in [-0.39, 0.29) is 5.91 Å². The van der Waals surface area contributed by atoms with E-state index < -0.39 is 0 Å². The van der Waals surface area contributed by atoms with E-state index in [0.717, 1.165) is 28.2 Å². The van der Waals surface area contributed by atoms with Crippen LogP contribution in [0.3, 0.4) is 0 Å². The second-order valence-corrected chi connectivity index (χ2v) is 8.82. The highest BCUT2D eigenvalue weighted by Gasteiger charge is 2.10. The van der Waals surface area contributed by atoms with Gasteiger partial charge >= 0.3 is 0 Å². The van der Waals surface area contributed by atoms with Crippen LogP contribution in [0.2, 0.25) is 0 Å². The van der Waals surface area contributed by atoms with Crippen molar-refractivity contribution >= 4 is 5.91 Å². The molecule has 4 rings (SSSR count). The Kier molecular flexibility index (Phi) is 9.27. The average Bonchev–Trinajstić information content (AvgIpc) is 2.92. The van der Waals surface area contributed by atoms with Gasteiger partial charge in [0.2, 0.25) is 5.91 Å². The summed E-state index contributed by atoms with van der Waals surface area (Å²) in [6.07, 6.45) is 3.55. The Labute approximate surface area is 218 Å². The largest absolute Gasteiger partial charge is 0.489 e. The van der Waals surface area contributed by atoms with Crippen molar-refractivity contribution in [2.45, 2.75) is 33.6 Å². The monoisotopic (exact) mass is 495 g/mol. The molecule has 0 atom stereocenters. The van der Waals surface area contributed by atoms with E-state index in [1.54, 1.807) is 12.4 Å². The molecule has 6 heteroatoms. The van der Waals surface area contributed by atoms with Crippen molar-refractivity contribution < 1.29 is 14.3 Å². The molecule has 0 aliphatic rings. The highest BCUT2D eigenvalue weighted by atomic mass is 16.5. The molecule has 2 N–H and O–H groups in total. The highest BCUT2D eigenvalue weighted by molar-refractivity contribution is 5.72. The Morgan fingerprint density at radius 2 is 1.73 bits per heavy atom. The first-order valence-electron chi connectivity index (χ1n) is 12.5. The summed E-state index contributed by atoms with van der Waals surface area (Å²) in [5, 5.41) is 6.15. The minimum Gasteiger partial charge on any atom is -0.489 e. The maximum Gasteiger partial charge on any atom is 0.216 e. The van der Waals surface area contributed by atoms with Gasteiger partial charge in [-0.25, -0.2) is 0 Å². The van der Waals surface area contributed by atoms with Gasteiger partial charge in [0, 0.05) is 56.1 Å². The van der Waals surface area contributed by atoms with Crippen molar-refractivity contribution in [3.8, 4) is 22.6 Å². The molecule has 1 aromatic heterocycles. The second kappa shape index (κ2) is 13.2. The average molecular weight is 496 g/mol. The van der Waals surface area contributed by atoms with Gasteiger partial charge in [-0.3, -0.25) is 9.78 Å². The normalized spacial score (nSPS) is 10.6. The summed E-state index contributed by atoms with van der Waals surface area (Å²) < 4.78 is 12.4. The van der Waals surface area contributed by atoms with Crippen LogP contribution in [0.5, 0.6) is 11.5 Å². The van der Waals surface area contributed by atoms with Crippen molar-refractivity contribution in [1.29, 1.82) is 0 Å². The molecule has 0 aliphatic heterocycles. The molecule has 37 heavy (non-hydrogen) atoms. The Bertz CT molecular complexity index is 1290. The molecule has 0 fully saturated rings. The summed E-state index contributed by atoms with van der Waals surface area (Å²) in [6, 6.07) is 26.5. The van der Waals surface area contributed by atoms with Gasteiger partial charge in [-0.2, -0.15) is 0 Å². The Hall–Kier alpha value is -4.16. The minimum atomic E-state index is -0.0339. The topological polar surface area (TPSA) is 72.5 Å². The standard InChI is InChI=1S/C31H33N3O3/c1-23-28(11-6-12-30(23)26-9-4-3-5-10-26)22-36-29-14-13-27(20-33-16-17-34-24(2)35)31(18-29)37-21-25-8-7-15-32-19-25/h3-15,18-19,33H,16-17,20-22H2,1-2H3,(H,34,35). The first-order valence-corrected chi connectivity index (χ1v) is 12.5. The Balaban J connectivity index is 1.46. The van der Waals surface area contributed by atoms with Crippen LogP contribution >= 0.6 is 0 Å². The van der Waals surface area contributed by atoms with Crippen LogP contribution in [0.15, 0.2) is 91.3 Å². The van der Waals surface area contributed by atoms with Crippen LogP contribution in [-0.4, -0.2) is 24.0 Å². The summed E-state index contributed by atoms with van der Waals surface area (Å²) in [4.78, 5) is 15.3. The molecule has 0 spiro atoms. The van der Waals surface area contributed by atoms with Crippen LogP contribution in [0.1, 0.15) is 29.2 Å². The predicted molar refractivity (Wildman–Crippen MR) is 146 cm³/mol. The smallest absolute Gasteiger partial charge is 0.216 e. The number of hydrogen-bond acceptors (Lipinski definition) is 5. The minimum absolute atomic E-state index is 0.0339. The van der Waals surface area contributed by atoms with Gasteiger partial charge in [0.05, 0.1) is 0 Å². The van der Waals surface area contributed by atoms with Crippen LogP contribution in [0, 0.1) is 6.92 Å². The number of benzene rings is 3. The number of aromatic nitrogens is 1. The van der Waals surface area contributed by atoms with Crippen LogP contribution < -0.4 is 20.1 Å². The fourth-order valence-corrected chi connectivity index (χ4v) is 4.03. The zero-order valence-electron chi connectivity index (χ0n) is 21.4. The second-order valence-electron chi connectivity index (χ2n) is 8.82. The molecule has 0 aliphatic carbocycles. The van der Waals surface area contributed by atoms with E-state index in [1.165, 1.54) is 23.6 Å². The van der Waals surface area contributed by atoms with Gasteiger partial charge in [0.25, 0.3) is 0 Å². The summed E-state index contributed by atoms with van der Waals surface area (Å²) in [5.41, 5.74) is 6.77.